The van der Waals surface area contributed by atoms with Crippen molar-refractivity contribution in [2.45, 2.75) is 10.8 Å². The topological polar surface area (TPSA) is 69.6 Å². The second-order valence-electron chi connectivity index (χ2n) is 4.53. The Hall–Kier alpha value is -2.40. The molecule has 2 N–H and O–H groups in total. The number of aromatic nitrogens is 2. The van der Waals surface area contributed by atoms with Gasteiger partial charge >= 0.3 is 0 Å². The van der Waals surface area contributed by atoms with Gasteiger partial charge in [0.1, 0.15) is 0 Å². The molecule has 0 aliphatic rings. The number of hydrogen-bond acceptors (Lipinski definition) is 4. The first-order valence-corrected chi connectivity index (χ1v) is 7.46. The molecule has 0 fully saturated rings. The van der Waals surface area contributed by atoms with Crippen LogP contribution in [0.4, 0.5) is 0 Å². The Bertz CT molecular complexity index is 857. The second kappa shape index (κ2) is 5.93. The van der Waals surface area contributed by atoms with Crippen LogP contribution >= 0.6 is 11.8 Å². The lowest BCUT2D eigenvalue weighted by Crippen LogP contribution is -2.05. The molecule has 0 radical (unpaired) electrons. The molecule has 0 aliphatic carbocycles. The van der Waals surface area contributed by atoms with Gasteiger partial charge < -0.3 is 10.4 Å². The standard InChI is InChI=1S/C16H13N3OS/c17-9-14-12(5-3-7-18-14)10-21-16-13-6-2-1-4-11(13)8-15(20)19-16/h1-9,17H,10H2,(H,19,20). The number of nitrogens with zero attached hydrogens (tertiary/aromatic N) is 1. The van der Waals surface area contributed by atoms with E-state index in [2.05, 4.69) is 9.97 Å². The maximum absolute atomic E-state index is 11.7. The van der Waals surface area contributed by atoms with E-state index in [1.165, 1.54) is 6.21 Å². The number of aromatic amines is 1. The molecule has 21 heavy (non-hydrogen) atoms. The van der Waals surface area contributed by atoms with E-state index < -0.39 is 0 Å². The van der Waals surface area contributed by atoms with Crippen LogP contribution in [0.15, 0.2) is 58.5 Å². The number of rotatable bonds is 4. The maximum atomic E-state index is 11.7. The average Bonchev–Trinajstić information content (AvgIpc) is 2.52. The molecule has 5 heteroatoms. The van der Waals surface area contributed by atoms with E-state index in [-0.39, 0.29) is 5.56 Å². The van der Waals surface area contributed by atoms with Gasteiger partial charge in [0.05, 0.1) is 10.7 Å². The summed E-state index contributed by atoms with van der Waals surface area (Å²) in [5.41, 5.74) is 1.54. The zero-order chi connectivity index (χ0) is 14.7. The van der Waals surface area contributed by atoms with Gasteiger partial charge in [0, 0.05) is 29.6 Å². The van der Waals surface area contributed by atoms with Crippen molar-refractivity contribution in [3.63, 3.8) is 0 Å². The van der Waals surface area contributed by atoms with E-state index in [4.69, 9.17) is 5.41 Å². The molecule has 0 saturated carbocycles. The van der Waals surface area contributed by atoms with Crippen molar-refractivity contribution in [1.82, 2.24) is 9.97 Å². The minimum atomic E-state index is -0.102. The molecule has 0 saturated heterocycles. The highest BCUT2D eigenvalue weighted by Gasteiger charge is 2.06. The zero-order valence-corrected chi connectivity index (χ0v) is 12.0. The average molecular weight is 295 g/mol. The normalized spacial score (nSPS) is 10.7. The lowest BCUT2D eigenvalue weighted by molar-refractivity contribution is 1.11. The molecule has 4 nitrogen and oxygen atoms in total. The van der Waals surface area contributed by atoms with E-state index in [1.54, 1.807) is 24.0 Å². The van der Waals surface area contributed by atoms with Gasteiger partial charge in [0.25, 0.3) is 0 Å². The van der Waals surface area contributed by atoms with Crippen LogP contribution in [0.2, 0.25) is 0 Å². The largest absolute Gasteiger partial charge is 0.317 e. The number of fused-ring (bicyclic) bond motifs is 1. The van der Waals surface area contributed by atoms with E-state index in [9.17, 15) is 4.79 Å². The first-order chi connectivity index (χ1) is 10.3. The van der Waals surface area contributed by atoms with Gasteiger partial charge in [-0.25, -0.2) is 0 Å². The van der Waals surface area contributed by atoms with Gasteiger partial charge in [0.15, 0.2) is 0 Å². The molecule has 1 aromatic carbocycles. The van der Waals surface area contributed by atoms with Gasteiger partial charge in [-0.1, -0.05) is 30.3 Å². The van der Waals surface area contributed by atoms with Crippen LogP contribution in [0.1, 0.15) is 11.3 Å². The maximum Gasteiger partial charge on any atom is 0.249 e. The summed E-state index contributed by atoms with van der Waals surface area (Å²) in [7, 11) is 0. The number of benzene rings is 1. The summed E-state index contributed by atoms with van der Waals surface area (Å²) in [5, 5.41) is 10.2. The fourth-order valence-electron chi connectivity index (χ4n) is 2.15. The number of nitrogens with one attached hydrogen (secondary N) is 2. The van der Waals surface area contributed by atoms with Gasteiger partial charge in [-0.15, -0.1) is 11.8 Å². The van der Waals surface area contributed by atoms with Crippen molar-refractivity contribution < 1.29 is 0 Å². The van der Waals surface area contributed by atoms with Gasteiger partial charge in [0.2, 0.25) is 5.56 Å². The molecule has 104 valence electrons. The highest BCUT2D eigenvalue weighted by molar-refractivity contribution is 7.98. The summed E-state index contributed by atoms with van der Waals surface area (Å²) < 4.78 is 0. The summed E-state index contributed by atoms with van der Waals surface area (Å²) in [6, 6.07) is 13.2. The van der Waals surface area contributed by atoms with Crippen LogP contribution in [0.3, 0.4) is 0 Å². The first-order valence-electron chi connectivity index (χ1n) is 6.47. The quantitative estimate of drug-likeness (QED) is 0.573. The Morgan fingerprint density at radius 1 is 1.24 bits per heavy atom. The Morgan fingerprint density at radius 3 is 2.95 bits per heavy atom. The molecule has 3 rings (SSSR count). The van der Waals surface area contributed by atoms with Crippen LogP contribution in [0, 0.1) is 5.41 Å². The molecule has 0 bridgehead atoms. The fourth-order valence-corrected chi connectivity index (χ4v) is 3.21. The molecular formula is C16H13N3OS. The SMILES string of the molecule is N=Cc1ncccc1CSc1[nH]c(=O)cc2ccccc12. The second-order valence-corrected chi connectivity index (χ2v) is 5.52. The third-order valence-electron chi connectivity index (χ3n) is 3.16. The first kappa shape index (κ1) is 13.6. The van der Waals surface area contributed by atoms with Crippen LogP contribution in [-0.4, -0.2) is 16.2 Å². The van der Waals surface area contributed by atoms with Crippen LogP contribution < -0.4 is 5.56 Å². The lowest BCUT2D eigenvalue weighted by Gasteiger charge is -2.07. The van der Waals surface area contributed by atoms with Gasteiger partial charge in [-0.05, 0) is 17.0 Å². The van der Waals surface area contributed by atoms with Crippen molar-refractivity contribution in [3.05, 3.63) is 70.3 Å². The summed E-state index contributed by atoms with van der Waals surface area (Å²) in [5.74, 6) is 0.655. The summed E-state index contributed by atoms with van der Waals surface area (Å²) in [4.78, 5) is 18.8. The van der Waals surface area contributed by atoms with Crippen molar-refractivity contribution >= 4 is 28.7 Å². The predicted molar refractivity (Wildman–Crippen MR) is 86.3 cm³/mol. The third-order valence-corrected chi connectivity index (χ3v) is 4.23. The van der Waals surface area contributed by atoms with Crippen molar-refractivity contribution in [2.75, 3.05) is 0 Å². The van der Waals surface area contributed by atoms with E-state index in [0.29, 0.717) is 11.4 Å². The van der Waals surface area contributed by atoms with E-state index in [0.717, 1.165) is 21.4 Å². The zero-order valence-electron chi connectivity index (χ0n) is 11.2. The molecule has 0 aliphatic heterocycles. The highest BCUT2D eigenvalue weighted by Crippen LogP contribution is 2.27. The highest BCUT2D eigenvalue weighted by atomic mass is 32.2. The van der Waals surface area contributed by atoms with Crippen molar-refractivity contribution in [1.29, 1.82) is 5.41 Å². The Labute approximate surface area is 125 Å². The number of pyridine rings is 2. The van der Waals surface area contributed by atoms with Crippen molar-refractivity contribution in [2.24, 2.45) is 0 Å². The van der Waals surface area contributed by atoms with Crippen LogP contribution in [-0.2, 0) is 5.75 Å². The molecule has 0 atom stereocenters. The predicted octanol–water partition coefficient (Wildman–Crippen LogP) is 3.21. The Morgan fingerprint density at radius 2 is 2.10 bits per heavy atom. The van der Waals surface area contributed by atoms with Crippen LogP contribution in [0.5, 0.6) is 0 Å². The summed E-state index contributed by atoms with van der Waals surface area (Å²) in [6.07, 6.45) is 2.93. The van der Waals surface area contributed by atoms with E-state index in [1.807, 2.05) is 36.4 Å². The summed E-state index contributed by atoms with van der Waals surface area (Å²) >= 11 is 1.55. The smallest absolute Gasteiger partial charge is 0.249 e. The number of H-pyrrole nitrogens is 1. The van der Waals surface area contributed by atoms with Crippen molar-refractivity contribution in [3.8, 4) is 0 Å². The number of hydrogen-bond donors (Lipinski definition) is 2. The minimum Gasteiger partial charge on any atom is -0.317 e. The monoisotopic (exact) mass is 295 g/mol. The fraction of sp³-hybridized carbons (Fsp3) is 0.0625. The number of thioether (sulfide) groups is 1. The Kier molecular flexibility index (Phi) is 3.83. The van der Waals surface area contributed by atoms with E-state index >= 15 is 0 Å². The lowest BCUT2D eigenvalue weighted by atomic mass is 10.2. The molecule has 0 amide bonds. The molecule has 3 aromatic rings. The molecule has 0 spiro atoms. The van der Waals surface area contributed by atoms with Gasteiger partial charge in [-0.2, -0.15) is 0 Å². The Balaban J connectivity index is 1.95. The van der Waals surface area contributed by atoms with Gasteiger partial charge in [-0.3, -0.25) is 9.78 Å². The summed E-state index contributed by atoms with van der Waals surface area (Å²) in [6.45, 7) is 0. The third kappa shape index (κ3) is 2.87. The molecule has 2 heterocycles. The molecular weight excluding hydrogens is 282 g/mol. The molecule has 2 aromatic heterocycles. The van der Waals surface area contributed by atoms with Crippen LogP contribution in [0.25, 0.3) is 10.8 Å². The molecule has 0 unspecified atom stereocenters. The minimum absolute atomic E-state index is 0.102.